The highest BCUT2D eigenvalue weighted by atomic mass is 35.5. The molecule has 2 aliphatic rings. The number of nitrogens with one attached hydrogen (secondary N) is 2. The van der Waals surface area contributed by atoms with Gasteiger partial charge in [0.15, 0.2) is 0 Å². The molecule has 2 heterocycles. The van der Waals surface area contributed by atoms with Crippen LogP contribution in [0.25, 0.3) is 0 Å². The molecule has 1 aromatic carbocycles. The van der Waals surface area contributed by atoms with Crippen LogP contribution in [0.1, 0.15) is 38.6 Å². The SMILES string of the molecule is CC(C1CC1)n1nccc1NC(=O)CN1CCC(NS(=O)(=O)c2ccc(Cl)cc2)CC1. The lowest BCUT2D eigenvalue weighted by atomic mass is 10.1. The molecule has 1 aliphatic heterocycles. The Morgan fingerprint density at radius 2 is 1.84 bits per heavy atom. The number of piperidine rings is 1. The molecule has 1 saturated heterocycles. The summed E-state index contributed by atoms with van der Waals surface area (Å²) in [4.78, 5) is 14.8. The fourth-order valence-corrected chi connectivity index (χ4v) is 5.44. The topological polar surface area (TPSA) is 96.3 Å². The van der Waals surface area contributed by atoms with Crippen LogP contribution in [0.5, 0.6) is 0 Å². The summed E-state index contributed by atoms with van der Waals surface area (Å²) in [7, 11) is -3.58. The average Bonchev–Trinajstić information content (AvgIpc) is 3.48. The summed E-state index contributed by atoms with van der Waals surface area (Å²) >= 11 is 5.84. The number of benzene rings is 1. The lowest BCUT2D eigenvalue weighted by molar-refractivity contribution is -0.117. The number of sulfonamides is 1. The summed E-state index contributed by atoms with van der Waals surface area (Å²) in [6.45, 7) is 3.72. The number of likely N-dealkylation sites (tertiary alicyclic amines) is 1. The van der Waals surface area contributed by atoms with Crippen LogP contribution in [0.2, 0.25) is 5.02 Å². The van der Waals surface area contributed by atoms with Crippen molar-refractivity contribution in [3.63, 3.8) is 0 Å². The van der Waals surface area contributed by atoms with Crippen LogP contribution in [-0.2, 0) is 14.8 Å². The van der Waals surface area contributed by atoms with E-state index < -0.39 is 10.0 Å². The van der Waals surface area contributed by atoms with Gasteiger partial charge in [-0.1, -0.05) is 11.6 Å². The van der Waals surface area contributed by atoms with E-state index in [1.54, 1.807) is 18.3 Å². The Hall–Kier alpha value is -1.94. The Morgan fingerprint density at radius 3 is 2.48 bits per heavy atom. The van der Waals surface area contributed by atoms with E-state index >= 15 is 0 Å². The van der Waals surface area contributed by atoms with Crippen molar-refractivity contribution in [3.8, 4) is 0 Å². The Bertz CT molecular complexity index is 1010. The molecule has 2 N–H and O–H groups in total. The van der Waals surface area contributed by atoms with Gasteiger partial charge in [0.25, 0.3) is 0 Å². The molecular weight excluding hydrogens is 438 g/mol. The highest BCUT2D eigenvalue weighted by molar-refractivity contribution is 7.89. The van der Waals surface area contributed by atoms with Gasteiger partial charge in [-0.05, 0) is 62.8 Å². The molecule has 10 heteroatoms. The predicted octanol–water partition coefficient (Wildman–Crippen LogP) is 2.89. The molecule has 1 aliphatic carbocycles. The Balaban J connectivity index is 1.25. The van der Waals surface area contributed by atoms with Crippen molar-refractivity contribution < 1.29 is 13.2 Å². The Kier molecular flexibility index (Phi) is 6.66. The van der Waals surface area contributed by atoms with Crippen LogP contribution in [0.15, 0.2) is 41.4 Å². The highest BCUT2D eigenvalue weighted by Gasteiger charge is 2.31. The summed E-state index contributed by atoms with van der Waals surface area (Å²) < 4.78 is 29.8. The molecule has 1 aromatic heterocycles. The van der Waals surface area contributed by atoms with Crippen LogP contribution >= 0.6 is 11.6 Å². The largest absolute Gasteiger partial charge is 0.310 e. The molecule has 1 amide bonds. The van der Waals surface area contributed by atoms with Crippen molar-refractivity contribution in [2.75, 3.05) is 25.0 Å². The molecule has 4 rings (SSSR count). The van der Waals surface area contributed by atoms with Crippen LogP contribution in [0, 0.1) is 5.92 Å². The van der Waals surface area contributed by atoms with Gasteiger partial charge in [0.05, 0.1) is 23.7 Å². The van der Waals surface area contributed by atoms with Gasteiger partial charge in [-0.2, -0.15) is 5.10 Å². The molecule has 31 heavy (non-hydrogen) atoms. The van der Waals surface area contributed by atoms with Crippen LogP contribution < -0.4 is 10.0 Å². The number of amides is 1. The molecule has 2 aromatic rings. The van der Waals surface area contributed by atoms with Gasteiger partial charge in [-0.25, -0.2) is 17.8 Å². The molecule has 0 spiro atoms. The predicted molar refractivity (Wildman–Crippen MR) is 120 cm³/mol. The van der Waals surface area contributed by atoms with Gasteiger partial charge in [0.1, 0.15) is 5.82 Å². The first-order valence-corrected chi connectivity index (χ1v) is 12.5. The van der Waals surface area contributed by atoms with E-state index in [1.807, 2.05) is 15.6 Å². The Labute approximate surface area is 188 Å². The minimum absolute atomic E-state index is 0.0788. The molecule has 8 nitrogen and oxygen atoms in total. The number of hydrogen-bond acceptors (Lipinski definition) is 5. The maximum atomic E-state index is 12.5. The number of aromatic nitrogens is 2. The minimum atomic E-state index is -3.58. The lowest BCUT2D eigenvalue weighted by Crippen LogP contribution is -2.46. The van der Waals surface area contributed by atoms with E-state index in [1.165, 1.54) is 25.0 Å². The van der Waals surface area contributed by atoms with Gasteiger partial charge in [-0.3, -0.25) is 9.69 Å². The minimum Gasteiger partial charge on any atom is -0.310 e. The fraction of sp³-hybridized carbons (Fsp3) is 0.524. The second-order valence-electron chi connectivity index (χ2n) is 8.41. The number of carbonyl (C=O) groups is 1. The first-order valence-electron chi connectivity index (χ1n) is 10.7. The van der Waals surface area contributed by atoms with Crippen LogP contribution in [0.3, 0.4) is 0 Å². The van der Waals surface area contributed by atoms with Crippen molar-refractivity contribution in [1.82, 2.24) is 19.4 Å². The smallest absolute Gasteiger partial charge is 0.240 e. The number of rotatable bonds is 8. The molecule has 2 fully saturated rings. The zero-order chi connectivity index (χ0) is 22.0. The second-order valence-corrected chi connectivity index (χ2v) is 10.6. The monoisotopic (exact) mass is 465 g/mol. The Morgan fingerprint density at radius 1 is 1.16 bits per heavy atom. The quantitative estimate of drug-likeness (QED) is 0.624. The fourth-order valence-electron chi connectivity index (χ4n) is 4.01. The van der Waals surface area contributed by atoms with E-state index in [9.17, 15) is 13.2 Å². The van der Waals surface area contributed by atoms with Gasteiger partial charge >= 0.3 is 0 Å². The zero-order valence-electron chi connectivity index (χ0n) is 17.5. The van der Waals surface area contributed by atoms with Crippen LogP contribution in [0.4, 0.5) is 5.82 Å². The van der Waals surface area contributed by atoms with Gasteiger partial charge in [0, 0.05) is 30.2 Å². The van der Waals surface area contributed by atoms with Crippen molar-refractivity contribution in [1.29, 1.82) is 0 Å². The van der Waals surface area contributed by atoms with E-state index in [0.717, 1.165) is 5.82 Å². The molecule has 0 bridgehead atoms. The highest BCUT2D eigenvalue weighted by Crippen LogP contribution is 2.40. The molecule has 1 unspecified atom stereocenters. The number of hydrogen-bond donors (Lipinski definition) is 2. The van der Waals surface area contributed by atoms with E-state index in [2.05, 4.69) is 22.1 Å². The average molecular weight is 466 g/mol. The molecular formula is C21H28ClN5O3S. The first-order chi connectivity index (χ1) is 14.8. The third-order valence-electron chi connectivity index (χ3n) is 6.03. The molecule has 0 radical (unpaired) electrons. The molecule has 168 valence electrons. The van der Waals surface area contributed by atoms with Crippen molar-refractivity contribution in [2.45, 2.75) is 49.6 Å². The summed E-state index contributed by atoms with van der Waals surface area (Å²) in [6, 6.07) is 8.09. The number of nitrogens with zero attached hydrogens (tertiary/aromatic N) is 3. The van der Waals surface area contributed by atoms with E-state index in [-0.39, 0.29) is 29.4 Å². The normalized spacial score (nSPS) is 19.3. The van der Waals surface area contributed by atoms with Crippen molar-refractivity contribution in [2.24, 2.45) is 5.92 Å². The number of halogens is 1. The van der Waals surface area contributed by atoms with Crippen molar-refractivity contribution >= 4 is 33.3 Å². The third kappa shape index (κ3) is 5.65. The summed E-state index contributed by atoms with van der Waals surface area (Å²) in [5.74, 6) is 1.30. The molecule has 1 atom stereocenters. The number of carbonyl (C=O) groups excluding carboxylic acids is 1. The van der Waals surface area contributed by atoms with E-state index in [0.29, 0.717) is 36.9 Å². The second kappa shape index (κ2) is 9.28. The maximum absolute atomic E-state index is 12.5. The third-order valence-corrected chi connectivity index (χ3v) is 7.82. The standard InChI is InChI=1S/C21H28ClN5O3S/c1-15(16-2-3-16)27-20(8-11-23-27)24-21(28)14-26-12-9-18(10-13-26)25-31(29,30)19-6-4-17(22)5-7-19/h4-8,11,15-16,18,25H,2-3,9-10,12-14H2,1H3,(H,24,28). The van der Waals surface area contributed by atoms with Gasteiger partial charge < -0.3 is 5.32 Å². The van der Waals surface area contributed by atoms with E-state index in [4.69, 9.17) is 11.6 Å². The van der Waals surface area contributed by atoms with Crippen molar-refractivity contribution in [3.05, 3.63) is 41.6 Å². The summed E-state index contributed by atoms with van der Waals surface area (Å²) in [5.41, 5.74) is 0. The maximum Gasteiger partial charge on any atom is 0.240 e. The molecule has 1 saturated carbocycles. The van der Waals surface area contributed by atoms with Crippen LogP contribution in [-0.4, -0.2) is 54.7 Å². The van der Waals surface area contributed by atoms with Gasteiger partial charge in [0.2, 0.25) is 15.9 Å². The number of anilines is 1. The summed E-state index contributed by atoms with van der Waals surface area (Å²) in [5, 5.41) is 7.84. The summed E-state index contributed by atoms with van der Waals surface area (Å²) in [6.07, 6.45) is 5.44. The lowest BCUT2D eigenvalue weighted by Gasteiger charge is -2.31. The first kappa shape index (κ1) is 22.3. The zero-order valence-corrected chi connectivity index (χ0v) is 19.1. The van der Waals surface area contributed by atoms with Gasteiger partial charge in [-0.15, -0.1) is 0 Å².